The number of aryl methyl sites for hydroxylation is 1. The highest BCUT2D eigenvalue weighted by Gasteiger charge is 2.16. The number of hydrogen-bond donors (Lipinski definition) is 2. The van der Waals surface area contributed by atoms with Crippen LogP contribution < -0.4 is 20.1 Å². The van der Waals surface area contributed by atoms with E-state index in [0.29, 0.717) is 17.2 Å². The van der Waals surface area contributed by atoms with Gasteiger partial charge in [0.05, 0.1) is 24.7 Å². The summed E-state index contributed by atoms with van der Waals surface area (Å²) in [7, 11) is 2.95. The van der Waals surface area contributed by atoms with Gasteiger partial charge < -0.3 is 14.8 Å². The highest BCUT2D eigenvalue weighted by Crippen LogP contribution is 2.25. The summed E-state index contributed by atoms with van der Waals surface area (Å²) in [5.74, 6) is 0.396. The van der Waals surface area contributed by atoms with Gasteiger partial charge in [-0.1, -0.05) is 6.07 Å². The van der Waals surface area contributed by atoms with Crippen molar-refractivity contribution in [3.8, 4) is 11.5 Å². The molecule has 0 spiro atoms. The first-order valence-corrected chi connectivity index (χ1v) is 7.86. The molecule has 8 nitrogen and oxygen atoms in total. The molecular weight excluding hydrogens is 358 g/mol. The van der Waals surface area contributed by atoms with Crippen LogP contribution in [-0.2, 0) is 0 Å². The average molecular weight is 375 g/mol. The number of amides is 1. The van der Waals surface area contributed by atoms with Crippen LogP contribution in [0.4, 0.5) is 11.4 Å². The number of carbonyl (C=O) groups excluding carboxylic acids is 1. The molecular formula is C17H17N3O5S. The predicted molar refractivity (Wildman–Crippen MR) is 101 cm³/mol. The van der Waals surface area contributed by atoms with Crippen molar-refractivity contribution >= 4 is 34.6 Å². The van der Waals surface area contributed by atoms with Crippen LogP contribution in [0, 0.1) is 17.0 Å². The SMILES string of the molecule is COc1ccc(C(=O)NC(=S)Nc2cc([N+](=O)[O-])ccc2C)c(OC)c1. The van der Waals surface area contributed by atoms with E-state index in [2.05, 4.69) is 10.6 Å². The maximum atomic E-state index is 12.4. The first-order chi connectivity index (χ1) is 12.3. The van der Waals surface area contributed by atoms with E-state index < -0.39 is 10.8 Å². The second-order valence-electron chi connectivity index (χ2n) is 5.23. The lowest BCUT2D eigenvalue weighted by atomic mass is 10.1. The van der Waals surface area contributed by atoms with Crippen molar-refractivity contribution in [3.63, 3.8) is 0 Å². The van der Waals surface area contributed by atoms with E-state index >= 15 is 0 Å². The Morgan fingerprint density at radius 1 is 1.15 bits per heavy atom. The van der Waals surface area contributed by atoms with E-state index in [-0.39, 0.29) is 16.4 Å². The van der Waals surface area contributed by atoms with Gasteiger partial charge in [-0.05, 0) is 36.8 Å². The highest BCUT2D eigenvalue weighted by molar-refractivity contribution is 7.80. The van der Waals surface area contributed by atoms with Gasteiger partial charge in [-0.3, -0.25) is 20.2 Å². The molecule has 0 aliphatic rings. The van der Waals surface area contributed by atoms with Crippen LogP contribution in [-0.4, -0.2) is 30.2 Å². The van der Waals surface area contributed by atoms with Gasteiger partial charge in [0, 0.05) is 23.9 Å². The first-order valence-electron chi connectivity index (χ1n) is 7.45. The number of ether oxygens (including phenoxy) is 2. The Hall–Kier alpha value is -3.20. The molecule has 2 rings (SSSR count). The quantitative estimate of drug-likeness (QED) is 0.470. The van der Waals surface area contributed by atoms with Gasteiger partial charge in [-0.15, -0.1) is 0 Å². The van der Waals surface area contributed by atoms with E-state index in [1.54, 1.807) is 31.2 Å². The Morgan fingerprint density at radius 3 is 2.50 bits per heavy atom. The van der Waals surface area contributed by atoms with Crippen molar-refractivity contribution in [3.05, 3.63) is 57.6 Å². The molecule has 0 atom stereocenters. The summed E-state index contributed by atoms with van der Waals surface area (Å²) in [6, 6.07) is 9.09. The molecule has 0 aliphatic carbocycles. The number of anilines is 1. The molecule has 9 heteroatoms. The maximum Gasteiger partial charge on any atom is 0.271 e. The fraction of sp³-hybridized carbons (Fsp3) is 0.176. The van der Waals surface area contributed by atoms with Gasteiger partial charge in [0.25, 0.3) is 11.6 Å². The topological polar surface area (TPSA) is 103 Å². The molecule has 0 saturated carbocycles. The van der Waals surface area contributed by atoms with E-state index in [9.17, 15) is 14.9 Å². The molecule has 0 heterocycles. The monoisotopic (exact) mass is 375 g/mol. The van der Waals surface area contributed by atoms with Crippen molar-refractivity contribution in [2.24, 2.45) is 0 Å². The van der Waals surface area contributed by atoms with Crippen molar-refractivity contribution in [1.29, 1.82) is 0 Å². The number of methoxy groups -OCH3 is 2. The van der Waals surface area contributed by atoms with Gasteiger partial charge >= 0.3 is 0 Å². The van der Waals surface area contributed by atoms with Crippen LogP contribution in [0.15, 0.2) is 36.4 Å². The molecule has 1 amide bonds. The van der Waals surface area contributed by atoms with Gasteiger partial charge in [-0.25, -0.2) is 0 Å². The molecule has 2 N–H and O–H groups in total. The maximum absolute atomic E-state index is 12.4. The number of nitrogens with one attached hydrogen (secondary N) is 2. The number of carbonyl (C=O) groups is 1. The summed E-state index contributed by atoms with van der Waals surface area (Å²) in [5.41, 5.74) is 1.37. The molecule has 2 aromatic rings. The van der Waals surface area contributed by atoms with Gasteiger partial charge in [0.15, 0.2) is 5.11 Å². The lowest BCUT2D eigenvalue weighted by Gasteiger charge is -2.13. The Morgan fingerprint density at radius 2 is 1.88 bits per heavy atom. The lowest BCUT2D eigenvalue weighted by molar-refractivity contribution is -0.384. The van der Waals surface area contributed by atoms with Crippen LogP contribution in [0.3, 0.4) is 0 Å². The molecule has 0 bridgehead atoms. The molecule has 2 aromatic carbocycles. The number of rotatable bonds is 5. The van der Waals surface area contributed by atoms with Crippen molar-refractivity contribution in [1.82, 2.24) is 5.32 Å². The Bertz CT molecular complexity index is 869. The highest BCUT2D eigenvalue weighted by atomic mass is 32.1. The number of hydrogen-bond acceptors (Lipinski definition) is 6. The molecule has 0 aromatic heterocycles. The zero-order valence-electron chi connectivity index (χ0n) is 14.4. The first kappa shape index (κ1) is 19.1. The van der Waals surface area contributed by atoms with Crippen LogP contribution in [0.25, 0.3) is 0 Å². The second kappa shape index (κ2) is 8.26. The van der Waals surface area contributed by atoms with Crippen LogP contribution in [0.5, 0.6) is 11.5 Å². The van der Waals surface area contributed by atoms with E-state index in [1.165, 1.54) is 26.4 Å². The third-order valence-electron chi connectivity index (χ3n) is 3.56. The molecule has 26 heavy (non-hydrogen) atoms. The van der Waals surface area contributed by atoms with Crippen molar-refractivity contribution in [2.75, 3.05) is 19.5 Å². The number of thiocarbonyl (C=S) groups is 1. The van der Waals surface area contributed by atoms with Gasteiger partial charge in [-0.2, -0.15) is 0 Å². The third-order valence-corrected chi connectivity index (χ3v) is 3.76. The third kappa shape index (κ3) is 4.45. The van der Waals surface area contributed by atoms with Crippen molar-refractivity contribution in [2.45, 2.75) is 6.92 Å². The standard InChI is InChI=1S/C17H17N3O5S/c1-10-4-5-11(20(22)23)8-14(10)18-17(26)19-16(21)13-7-6-12(24-2)9-15(13)25-3/h4-9H,1-3H3,(H2,18,19,21,26). The van der Waals surface area contributed by atoms with E-state index in [1.807, 2.05) is 0 Å². The minimum atomic E-state index is -0.505. The van der Waals surface area contributed by atoms with Crippen LogP contribution in [0.1, 0.15) is 15.9 Å². The molecule has 0 unspecified atom stereocenters. The minimum Gasteiger partial charge on any atom is -0.497 e. The number of non-ortho nitro benzene ring substituents is 1. The Kier molecular flexibility index (Phi) is 6.07. The zero-order chi connectivity index (χ0) is 19.3. The Balaban J connectivity index is 2.14. The largest absolute Gasteiger partial charge is 0.497 e. The summed E-state index contributed by atoms with van der Waals surface area (Å²) in [4.78, 5) is 22.8. The molecule has 0 fully saturated rings. The molecule has 0 saturated heterocycles. The summed E-state index contributed by atoms with van der Waals surface area (Å²) >= 11 is 5.13. The van der Waals surface area contributed by atoms with E-state index in [4.69, 9.17) is 21.7 Å². The smallest absolute Gasteiger partial charge is 0.271 e. The van der Waals surface area contributed by atoms with Crippen molar-refractivity contribution < 1.29 is 19.2 Å². The molecule has 136 valence electrons. The Labute approximate surface area is 155 Å². The molecule has 0 aliphatic heterocycles. The fourth-order valence-electron chi connectivity index (χ4n) is 2.17. The van der Waals surface area contributed by atoms with Gasteiger partial charge in [0.2, 0.25) is 0 Å². The van der Waals surface area contributed by atoms with E-state index in [0.717, 1.165) is 5.56 Å². The van der Waals surface area contributed by atoms with Gasteiger partial charge in [0.1, 0.15) is 11.5 Å². The number of benzene rings is 2. The van der Waals surface area contributed by atoms with Crippen LogP contribution in [0.2, 0.25) is 0 Å². The summed E-state index contributed by atoms with van der Waals surface area (Å²) in [5, 5.41) is 16.2. The summed E-state index contributed by atoms with van der Waals surface area (Å²) < 4.78 is 10.3. The lowest BCUT2D eigenvalue weighted by Crippen LogP contribution is -2.34. The fourth-order valence-corrected chi connectivity index (χ4v) is 2.37. The number of nitrogens with zero attached hydrogens (tertiary/aromatic N) is 1. The summed E-state index contributed by atoms with van der Waals surface area (Å²) in [6.45, 7) is 1.77. The number of nitro benzene ring substituents is 1. The normalized spacial score (nSPS) is 9.96. The zero-order valence-corrected chi connectivity index (χ0v) is 15.2. The summed E-state index contributed by atoms with van der Waals surface area (Å²) in [6.07, 6.45) is 0. The molecule has 0 radical (unpaired) electrons. The van der Waals surface area contributed by atoms with Crippen LogP contribution >= 0.6 is 12.2 Å². The minimum absolute atomic E-state index is 0.0106. The predicted octanol–water partition coefficient (Wildman–Crippen LogP) is 3.05. The number of nitro groups is 1. The second-order valence-corrected chi connectivity index (χ2v) is 5.64. The average Bonchev–Trinajstić information content (AvgIpc) is 2.62.